The van der Waals surface area contributed by atoms with Crippen LogP contribution in [0.15, 0.2) is 18.3 Å². The van der Waals surface area contributed by atoms with Crippen LogP contribution in [0.3, 0.4) is 0 Å². The molecule has 1 aliphatic heterocycles. The fourth-order valence-electron chi connectivity index (χ4n) is 2.10. The molecule has 0 aromatic carbocycles. The van der Waals surface area contributed by atoms with Gasteiger partial charge in [-0.3, -0.25) is 9.59 Å². The number of nitrogens with zero attached hydrogens (tertiary/aromatic N) is 2. The van der Waals surface area contributed by atoms with Crippen molar-refractivity contribution in [2.75, 3.05) is 31.5 Å². The van der Waals surface area contributed by atoms with Crippen molar-refractivity contribution in [3.63, 3.8) is 0 Å². The Morgan fingerprint density at radius 1 is 1.50 bits per heavy atom. The molecule has 1 saturated heterocycles. The standard InChI is InChI=1S/C14H20N4O2/c1-2-6-16-13-11(4-3-7-17-13)14(20)18-9-5-12(19)15-8-10-18/h3-4,7H,2,5-6,8-10H2,1H3,(H,15,19)(H,16,17). The number of rotatable bonds is 4. The van der Waals surface area contributed by atoms with Crippen molar-refractivity contribution in [2.24, 2.45) is 0 Å². The summed E-state index contributed by atoms with van der Waals surface area (Å²) in [4.78, 5) is 29.8. The van der Waals surface area contributed by atoms with E-state index in [1.165, 1.54) is 0 Å². The van der Waals surface area contributed by atoms with Gasteiger partial charge < -0.3 is 15.5 Å². The van der Waals surface area contributed by atoms with Crippen molar-refractivity contribution >= 4 is 17.6 Å². The third-order valence-corrected chi connectivity index (χ3v) is 3.18. The van der Waals surface area contributed by atoms with Crippen LogP contribution in [0, 0.1) is 0 Å². The Hall–Kier alpha value is -2.11. The second-order valence-corrected chi connectivity index (χ2v) is 4.72. The first kappa shape index (κ1) is 14.3. The molecule has 108 valence electrons. The van der Waals surface area contributed by atoms with Gasteiger partial charge in [0.25, 0.3) is 5.91 Å². The van der Waals surface area contributed by atoms with Crippen molar-refractivity contribution in [1.29, 1.82) is 0 Å². The first-order chi connectivity index (χ1) is 9.72. The van der Waals surface area contributed by atoms with Crippen LogP contribution < -0.4 is 10.6 Å². The van der Waals surface area contributed by atoms with Crippen LogP contribution in [0.1, 0.15) is 30.1 Å². The molecular weight excluding hydrogens is 256 g/mol. The van der Waals surface area contributed by atoms with E-state index in [0.29, 0.717) is 37.4 Å². The lowest BCUT2D eigenvalue weighted by atomic mass is 10.2. The molecule has 20 heavy (non-hydrogen) atoms. The number of pyridine rings is 1. The molecule has 2 amide bonds. The molecule has 2 heterocycles. The van der Waals surface area contributed by atoms with Gasteiger partial charge in [-0.1, -0.05) is 6.92 Å². The molecule has 1 aromatic rings. The van der Waals surface area contributed by atoms with E-state index < -0.39 is 0 Å². The molecule has 0 radical (unpaired) electrons. The molecule has 0 saturated carbocycles. The van der Waals surface area contributed by atoms with E-state index in [-0.39, 0.29) is 11.8 Å². The summed E-state index contributed by atoms with van der Waals surface area (Å²) in [6.07, 6.45) is 2.98. The fraction of sp³-hybridized carbons (Fsp3) is 0.500. The largest absolute Gasteiger partial charge is 0.369 e. The van der Waals surface area contributed by atoms with E-state index >= 15 is 0 Å². The Morgan fingerprint density at radius 2 is 2.35 bits per heavy atom. The Kier molecular flexibility index (Phi) is 4.92. The lowest BCUT2D eigenvalue weighted by Gasteiger charge is -2.20. The third-order valence-electron chi connectivity index (χ3n) is 3.18. The average Bonchev–Trinajstić information content (AvgIpc) is 2.69. The zero-order valence-electron chi connectivity index (χ0n) is 11.7. The van der Waals surface area contributed by atoms with Gasteiger partial charge in [-0.2, -0.15) is 0 Å². The first-order valence-corrected chi connectivity index (χ1v) is 6.97. The number of aromatic nitrogens is 1. The minimum absolute atomic E-state index is 0.00387. The van der Waals surface area contributed by atoms with E-state index in [4.69, 9.17) is 0 Å². The molecule has 2 N–H and O–H groups in total. The third kappa shape index (κ3) is 3.46. The summed E-state index contributed by atoms with van der Waals surface area (Å²) < 4.78 is 0. The van der Waals surface area contributed by atoms with E-state index in [2.05, 4.69) is 22.5 Å². The highest BCUT2D eigenvalue weighted by molar-refractivity contribution is 5.99. The molecule has 6 nitrogen and oxygen atoms in total. The topological polar surface area (TPSA) is 74.3 Å². The molecule has 0 unspecified atom stereocenters. The van der Waals surface area contributed by atoms with Gasteiger partial charge in [0.05, 0.1) is 5.56 Å². The van der Waals surface area contributed by atoms with Crippen LogP contribution >= 0.6 is 0 Å². The second-order valence-electron chi connectivity index (χ2n) is 4.72. The predicted molar refractivity (Wildman–Crippen MR) is 76.5 cm³/mol. The molecule has 1 fully saturated rings. The monoisotopic (exact) mass is 276 g/mol. The summed E-state index contributed by atoms with van der Waals surface area (Å²) in [5.74, 6) is 0.534. The van der Waals surface area contributed by atoms with E-state index in [0.717, 1.165) is 13.0 Å². The van der Waals surface area contributed by atoms with Gasteiger partial charge in [-0.15, -0.1) is 0 Å². The summed E-state index contributed by atoms with van der Waals surface area (Å²) in [6.45, 7) is 4.32. The normalized spacial score (nSPS) is 15.4. The Morgan fingerprint density at radius 3 is 3.15 bits per heavy atom. The summed E-state index contributed by atoms with van der Waals surface area (Å²) in [5, 5.41) is 5.93. The lowest BCUT2D eigenvalue weighted by Crippen LogP contribution is -2.34. The summed E-state index contributed by atoms with van der Waals surface area (Å²) >= 11 is 0. The number of amides is 2. The lowest BCUT2D eigenvalue weighted by molar-refractivity contribution is -0.120. The van der Waals surface area contributed by atoms with Gasteiger partial charge in [0.1, 0.15) is 5.82 Å². The van der Waals surface area contributed by atoms with Crippen LogP contribution in [0.5, 0.6) is 0 Å². The van der Waals surface area contributed by atoms with Crippen molar-refractivity contribution < 1.29 is 9.59 Å². The molecule has 0 atom stereocenters. The highest BCUT2D eigenvalue weighted by Gasteiger charge is 2.22. The molecular formula is C14H20N4O2. The van der Waals surface area contributed by atoms with Crippen LogP contribution in [0.4, 0.5) is 5.82 Å². The summed E-state index contributed by atoms with van der Waals surface area (Å²) in [6, 6.07) is 3.53. The number of hydrogen-bond donors (Lipinski definition) is 2. The molecule has 0 spiro atoms. The molecule has 2 rings (SSSR count). The van der Waals surface area contributed by atoms with Crippen molar-refractivity contribution in [2.45, 2.75) is 19.8 Å². The van der Waals surface area contributed by atoms with Crippen molar-refractivity contribution in [1.82, 2.24) is 15.2 Å². The number of carbonyl (C=O) groups is 2. The molecule has 0 bridgehead atoms. The average molecular weight is 276 g/mol. The van der Waals surface area contributed by atoms with Crippen LogP contribution in [-0.4, -0.2) is 47.9 Å². The zero-order chi connectivity index (χ0) is 14.4. The number of carbonyl (C=O) groups excluding carboxylic acids is 2. The molecule has 1 aliphatic rings. The number of hydrogen-bond acceptors (Lipinski definition) is 4. The quantitative estimate of drug-likeness (QED) is 0.855. The number of nitrogens with one attached hydrogen (secondary N) is 2. The van der Waals surface area contributed by atoms with Gasteiger partial charge in [0.15, 0.2) is 0 Å². The predicted octanol–water partition coefficient (Wildman–Crippen LogP) is 0.866. The highest BCUT2D eigenvalue weighted by atomic mass is 16.2. The minimum Gasteiger partial charge on any atom is -0.369 e. The minimum atomic E-state index is -0.0757. The van der Waals surface area contributed by atoms with Gasteiger partial charge in [-0.25, -0.2) is 4.98 Å². The van der Waals surface area contributed by atoms with Gasteiger partial charge in [0, 0.05) is 38.8 Å². The maximum absolute atomic E-state index is 12.5. The van der Waals surface area contributed by atoms with Crippen molar-refractivity contribution in [3.8, 4) is 0 Å². The van der Waals surface area contributed by atoms with E-state index in [9.17, 15) is 9.59 Å². The van der Waals surface area contributed by atoms with Crippen LogP contribution in [0.25, 0.3) is 0 Å². The Bertz CT molecular complexity index is 490. The maximum atomic E-state index is 12.5. The van der Waals surface area contributed by atoms with Crippen LogP contribution in [0.2, 0.25) is 0 Å². The molecule has 1 aromatic heterocycles. The zero-order valence-corrected chi connectivity index (χ0v) is 11.7. The SMILES string of the molecule is CCCNc1ncccc1C(=O)N1CCNC(=O)CC1. The van der Waals surface area contributed by atoms with E-state index in [1.54, 1.807) is 23.2 Å². The first-order valence-electron chi connectivity index (χ1n) is 6.97. The fourth-order valence-corrected chi connectivity index (χ4v) is 2.10. The smallest absolute Gasteiger partial charge is 0.257 e. The van der Waals surface area contributed by atoms with Gasteiger partial charge >= 0.3 is 0 Å². The summed E-state index contributed by atoms with van der Waals surface area (Å²) in [5.41, 5.74) is 0.565. The van der Waals surface area contributed by atoms with Crippen molar-refractivity contribution in [3.05, 3.63) is 23.9 Å². The second kappa shape index (κ2) is 6.88. The maximum Gasteiger partial charge on any atom is 0.257 e. The number of anilines is 1. The van der Waals surface area contributed by atoms with Gasteiger partial charge in [-0.05, 0) is 18.6 Å². The molecule has 0 aliphatic carbocycles. The Balaban J connectivity index is 2.13. The summed E-state index contributed by atoms with van der Waals surface area (Å²) in [7, 11) is 0. The highest BCUT2D eigenvalue weighted by Crippen LogP contribution is 2.15. The molecule has 6 heteroatoms. The van der Waals surface area contributed by atoms with E-state index in [1.807, 2.05) is 0 Å². The van der Waals surface area contributed by atoms with Crippen LogP contribution in [-0.2, 0) is 4.79 Å². The Labute approximate surface area is 118 Å². The van der Waals surface area contributed by atoms with Gasteiger partial charge in [0.2, 0.25) is 5.91 Å².